The van der Waals surface area contributed by atoms with Crippen molar-refractivity contribution < 1.29 is 12.8 Å². The summed E-state index contributed by atoms with van der Waals surface area (Å²) in [5, 5.41) is 5.14. The second-order valence-electron chi connectivity index (χ2n) is 5.50. The Bertz CT molecular complexity index is 947. The minimum Gasteiger partial charge on any atom is -0.423 e. The molecule has 124 valence electrons. The number of hydrogen-bond donors (Lipinski definition) is 1. The monoisotopic (exact) mass is 343 g/mol. The summed E-state index contributed by atoms with van der Waals surface area (Å²) < 4.78 is 28.7. The van der Waals surface area contributed by atoms with Crippen LogP contribution in [-0.2, 0) is 10.0 Å². The normalized spacial score (nSPS) is 11.5. The van der Waals surface area contributed by atoms with Gasteiger partial charge in [0.1, 0.15) is 5.69 Å². The Kier molecular flexibility index (Phi) is 4.13. The molecule has 1 aromatic heterocycles. The van der Waals surface area contributed by atoms with Gasteiger partial charge in [-0.1, -0.05) is 30.3 Å². The van der Waals surface area contributed by atoms with Crippen molar-refractivity contribution in [2.24, 2.45) is 5.14 Å². The van der Waals surface area contributed by atoms with Crippen molar-refractivity contribution in [1.29, 1.82) is 0 Å². The molecule has 0 aliphatic rings. The predicted molar refractivity (Wildman–Crippen MR) is 93.1 cm³/mol. The van der Waals surface area contributed by atoms with Crippen LogP contribution in [0.5, 0.6) is 0 Å². The number of oxazole rings is 1. The minimum atomic E-state index is -3.73. The zero-order valence-corrected chi connectivity index (χ0v) is 14.1. The smallest absolute Gasteiger partial charge is 0.297 e. The van der Waals surface area contributed by atoms with Gasteiger partial charge in [0.05, 0.1) is 4.90 Å². The van der Waals surface area contributed by atoms with Gasteiger partial charge in [0, 0.05) is 25.2 Å². The molecule has 0 saturated heterocycles. The first kappa shape index (κ1) is 16.2. The Hall–Kier alpha value is -2.64. The molecule has 24 heavy (non-hydrogen) atoms. The quantitative estimate of drug-likeness (QED) is 0.787. The molecule has 0 aliphatic heterocycles. The molecular weight excluding hydrogens is 326 g/mol. The van der Waals surface area contributed by atoms with Crippen LogP contribution in [0.4, 0.5) is 6.01 Å². The number of nitrogens with two attached hydrogens (primary N) is 1. The molecule has 6 nitrogen and oxygen atoms in total. The predicted octanol–water partition coefficient (Wildman–Crippen LogP) is 2.72. The molecule has 0 aliphatic carbocycles. The van der Waals surface area contributed by atoms with E-state index in [0.29, 0.717) is 17.5 Å². The number of benzene rings is 2. The molecule has 1 heterocycles. The molecule has 3 aromatic rings. The third-order valence-corrected chi connectivity index (χ3v) is 4.42. The van der Waals surface area contributed by atoms with Crippen LogP contribution in [0.1, 0.15) is 0 Å². The van der Waals surface area contributed by atoms with Gasteiger partial charge in [-0.25, -0.2) is 13.6 Å². The van der Waals surface area contributed by atoms with Crippen LogP contribution in [0.2, 0.25) is 0 Å². The fourth-order valence-electron chi connectivity index (χ4n) is 2.28. The first-order chi connectivity index (χ1) is 11.4. The summed E-state index contributed by atoms with van der Waals surface area (Å²) in [6, 6.07) is 16.4. The van der Waals surface area contributed by atoms with E-state index in [9.17, 15) is 8.42 Å². The highest BCUT2D eigenvalue weighted by atomic mass is 32.2. The average molecular weight is 343 g/mol. The second-order valence-corrected chi connectivity index (χ2v) is 7.07. The van der Waals surface area contributed by atoms with Crippen molar-refractivity contribution in [1.82, 2.24) is 4.98 Å². The first-order valence-corrected chi connectivity index (χ1v) is 8.78. The number of hydrogen-bond acceptors (Lipinski definition) is 5. The summed E-state index contributed by atoms with van der Waals surface area (Å²) in [6.07, 6.45) is 0. The second kappa shape index (κ2) is 6.10. The van der Waals surface area contributed by atoms with Crippen LogP contribution in [0.15, 0.2) is 63.9 Å². The van der Waals surface area contributed by atoms with Gasteiger partial charge in [0.25, 0.3) is 6.01 Å². The highest BCUT2D eigenvalue weighted by Crippen LogP contribution is 2.35. The fourth-order valence-corrected chi connectivity index (χ4v) is 2.80. The Morgan fingerprint density at radius 2 is 1.58 bits per heavy atom. The van der Waals surface area contributed by atoms with Crippen LogP contribution in [0.3, 0.4) is 0 Å². The summed E-state index contributed by atoms with van der Waals surface area (Å²) >= 11 is 0. The highest BCUT2D eigenvalue weighted by Gasteiger charge is 2.18. The molecule has 0 amide bonds. The Labute approximate surface area is 140 Å². The van der Waals surface area contributed by atoms with E-state index in [4.69, 9.17) is 9.56 Å². The van der Waals surface area contributed by atoms with Crippen molar-refractivity contribution >= 4 is 16.0 Å². The van der Waals surface area contributed by atoms with Crippen LogP contribution >= 0.6 is 0 Å². The summed E-state index contributed by atoms with van der Waals surface area (Å²) in [6.45, 7) is 0. The SMILES string of the molecule is CN(C)c1nc(-c2ccccc2)c(-c2ccc(S(N)(=O)=O)cc2)o1. The minimum absolute atomic E-state index is 0.0554. The highest BCUT2D eigenvalue weighted by molar-refractivity contribution is 7.89. The van der Waals surface area contributed by atoms with E-state index >= 15 is 0 Å². The molecule has 3 rings (SSSR count). The molecule has 0 bridgehead atoms. The number of primary sulfonamides is 1. The topological polar surface area (TPSA) is 89.4 Å². The van der Waals surface area contributed by atoms with E-state index in [1.165, 1.54) is 12.1 Å². The van der Waals surface area contributed by atoms with Crippen LogP contribution in [0, 0.1) is 0 Å². The standard InChI is InChI=1S/C17H17N3O3S/c1-20(2)17-19-15(12-6-4-3-5-7-12)16(23-17)13-8-10-14(11-9-13)24(18,21)22/h3-11H,1-2H3,(H2,18,21,22). The van der Waals surface area contributed by atoms with E-state index in [1.807, 2.05) is 44.4 Å². The summed E-state index contributed by atoms with van der Waals surface area (Å²) in [5.74, 6) is 0.575. The van der Waals surface area contributed by atoms with Gasteiger partial charge in [-0.15, -0.1) is 0 Å². The molecule has 0 saturated carbocycles. The lowest BCUT2D eigenvalue weighted by atomic mass is 10.1. The van der Waals surface area contributed by atoms with Gasteiger partial charge in [-0.3, -0.25) is 0 Å². The summed E-state index contributed by atoms with van der Waals surface area (Å²) in [4.78, 5) is 6.37. The van der Waals surface area contributed by atoms with Crippen LogP contribution in [0.25, 0.3) is 22.6 Å². The van der Waals surface area contributed by atoms with E-state index in [0.717, 1.165) is 11.1 Å². The molecule has 0 spiro atoms. The van der Waals surface area contributed by atoms with Gasteiger partial charge in [-0.2, -0.15) is 4.98 Å². The number of anilines is 1. The number of rotatable bonds is 4. The van der Waals surface area contributed by atoms with Gasteiger partial charge in [-0.05, 0) is 24.3 Å². The third-order valence-electron chi connectivity index (χ3n) is 3.49. The van der Waals surface area contributed by atoms with Gasteiger partial charge >= 0.3 is 0 Å². The molecule has 7 heteroatoms. The van der Waals surface area contributed by atoms with Gasteiger partial charge in [0.2, 0.25) is 10.0 Å². The molecular formula is C17H17N3O3S. The third kappa shape index (κ3) is 3.17. The molecule has 0 atom stereocenters. The van der Waals surface area contributed by atoms with E-state index in [2.05, 4.69) is 4.98 Å². The first-order valence-electron chi connectivity index (χ1n) is 7.23. The van der Waals surface area contributed by atoms with Crippen molar-refractivity contribution in [2.75, 3.05) is 19.0 Å². The zero-order valence-electron chi connectivity index (χ0n) is 13.3. The zero-order chi connectivity index (χ0) is 17.3. The Morgan fingerprint density at radius 3 is 2.12 bits per heavy atom. The average Bonchev–Trinajstić information content (AvgIpc) is 3.00. The Balaban J connectivity index is 2.13. The summed E-state index contributed by atoms with van der Waals surface area (Å²) in [7, 11) is -0.0433. The number of sulfonamides is 1. The van der Waals surface area contributed by atoms with Crippen molar-refractivity contribution in [3.8, 4) is 22.6 Å². The molecule has 2 N–H and O–H groups in total. The molecule has 0 unspecified atom stereocenters. The number of nitrogens with zero attached hydrogens (tertiary/aromatic N) is 2. The lowest BCUT2D eigenvalue weighted by Crippen LogP contribution is -2.11. The molecule has 2 aromatic carbocycles. The fraction of sp³-hybridized carbons (Fsp3) is 0.118. The van der Waals surface area contributed by atoms with Crippen LogP contribution < -0.4 is 10.0 Å². The number of aromatic nitrogens is 1. The Morgan fingerprint density at radius 1 is 0.958 bits per heavy atom. The summed E-state index contributed by atoms with van der Waals surface area (Å²) in [5.41, 5.74) is 2.34. The molecule has 0 radical (unpaired) electrons. The van der Waals surface area contributed by atoms with E-state index in [-0.39, 0.29) is 4.90 Å². The maximum atomic E-state index is 11.4. The van der Waals surface area contributed by atoms with E-state index < -0.39 is 10.0 Å². The van der Waals surface area contributed by atoms with Gasteiger partial charge in [0.15, 0.2) is 5.76 Å². The lowest BCUT2D eigenvalue weighted by Gasteiger charge is -2.04. The van der Waals surface area contributed by atoms with Crippen LogP contribution in [-0.4, -0.2) is 27.5 Å². The maximum Gasteiger partial charge on any atom is 0.297 e. The largest absolute Gasteiger partial charge is 0.423 e. The lowest BCUT2D eigenvalue weighted by molar-refractivity contribution is 0.569. The van der Waals surface area contributed by atoms with E-state index in [1.54, 1.807) is 17.0 Å². The van der Waals surface area contributed by atoms with Crippen molar-refractivity contribution in [2.45, 2.75) is 4.90 Å². The van der Waals surface area contributed by atoms with Gasteiger partial charge < -0.3 is 9.32 Å². The van der Waals surface area contributed by atoms with Crippen molar-refractivity contribution in [3.05, 3.63) is 54.6 Å². The maximum absolute atomic E-state index is 11.4. The molecule has 0 fully saturated rings. The van der Waals surface area contributed by atoms with Crippen molar-refractivity contribution in [3.63, 3.8) is 0 Å².